The van der Waals surface area contributed by atoms with Gasteiger partial charge >= 0.3 is 6.03 Å². The average Bonchev–Trinajstić information content (AvgIpc) is 3.07. The van der Waals surface area contributed by atoms with Crippen LogP contribution in [0.25, 0.3) is 22.2 Å². The summed E-state index contributed by atoms with van der Waals surface area (Å²) in [4.78, 5) is 15.4. The van der Waals surface area contributed by atoms with Gasteiger partial charge in [-0.25, -0.2) is 9.18 Å². The first-order valence-corrected chi connectivity index (χ1v) is 8.61. The lowest BCUT2D eigenvalue weighted by atomic mass is 10.1. The van der Waals surface area contributed by atoms with Gasteiger partial charge < -0.3 is 15.6 Å². The number of nitrogens with one attached hydrogen (secondary N) is 3. The van der Waals surface area contributed by atoms with E-state index in [9.17, 15) is 9.18 Å². The van der Waals surface area contributed by atoms with E-state index in [4.69, 9.17) is 0 Å². The van der Waals surface area contributed by atoms with Crippen LogP contribution in [0.3, 0.4) is 0 Å². The van der Waals surface area contributed by atoms with Gasteiger partial charge in [0.1, 0.15) is 5.82 Å². The fraction of sp³-hybridized carbons (Fsp3) is 0.0455. The van der Waals surface area contributed by atoms with Gasteiger partial charge in [-0.3, -0.25) is 0 Å². The Hall–Kier alpha value is -3.60. The zero-order chi connectivity index (χ0) is 18.8. The van der Waals surface area contributed by atoms with Crippen molar-refractivity contribution >= 4 is 28.3 Å². The number of H-pyrrole nitrogens is 1. The number of aromatic amines is 1. The number of carbonyl (C=O) groups excluding carboxylic acids is 1. The lowest BCUT2D eigenvalue weighted by molar-refractivity contribution is 0.262. The van der Waals surface area contributed by atoms with Gasteiger partial charge in [-0.05, 0) is 60.5 Å². The highest BCUT2D eigenvalue weighted by atomic mass is 19.1. The van der Waals surface area contributed by atoms with Crippen LogP contribution in [-0.2, 0) is 0 Å². The van der Waals surface area contributed by atoms with Crippen molar-refractivity contribution in [1.29, 1.82) is 0 Å². The Morgan fingerprint density at radius 2 is 1.70 bits per heavy atom. The molecule has 5 heteroatoms. The maximum Gasteiger partial charge on any atom is 0.323 e. The monoisotopic (exact) mass is 359 g/mol. The molecule has 0 spiro atoms. The van der Waals surface area contributed by atoms with E-state index in [1.54, 1.807) is 6.07 Å². The number of anilines is 2. The molecule has 134 valence electrons. The molecule has 0 aliphatic carbocycles. The normalized spacial score (nSPS) is 10.7. The third kappa shape index (κ3) is 3.67. The fourth-order valence-electron chi connectivity index (χ4n) is 2.99. The lowest BCUT2D eigenvalue weighted by Gasteiger charge is -2.10. The number of rotatable bonds is 3. The number of halogens is 1. The van der Waals surface area contributed by atoms with Crippen molar-refractivity contribution in [1.82, 2.24) is 4.98 Å². The molecule has 1 aromatic heterocycles. The molecule has 0 aliphatic heterocycles. The van der Waals surface area contributed by atoms with Crippen LogP contribution in [0, 0.1) is 12.7 Å². The number of hydrogen-bond donors (Lipinski definition) is 3. The molecule has 0 aliphatic rings. The minimum absolute atomic E-state index is 0.257. The molecule has 0 radical (unpaired) electrons. The topological polar surface area (TPSA) is 56.9 Å². The van der Waals surface area contributed by atoms with Crippen molar-refractivity contribution in [2.24, 2.45) is 0 Å². The van der Waals surface area contributed by atoms with E-state index in [1.807, 2.05) is 61.5 Å². The highest BCUT2D eigenvalue weighted by Gasteiger charge is 2.07. The first-order valence-electron chi connectivity index (χ1n) is 8.61. The Bertz CT molecular complexity index is 1120. The standard InChI is InChI=1S/C22H18FN3O/c1-14-4-2-3-5-19(14)26-22(27)24-18-9-6-15(7-10-18)21-13-16-12-17(23)8-11-20(16)25-21/h2-13,25H,1H3,(H2,24,26,27). The molecular formula is C22H18FN3O. The van der Waals surface area contributed by atoms with Crippen LogP contribution < -0.4 is 10.6 Å². The van der Waals surface area contributed by atoms with E-state index in [2.05, 4.69) is 15.6 Å². The molecule has 4 aromatic rings. The Morgan fingerprint density at radius 3 is 2.48 bits per heavy atom. The van der Waals surface area contributed by atoms with Crippen LogP contribution in [0.2, 0.25) is 0 Å². The molecule has 0 saturated heterocycles. The molecule has 3 N–H and O–H groups in total. The molecule has 27 heavy (non-hydrogen) atoms. The van der Waals surface area contributed by atoms with Gasteiger partial charge in [0.25, 0.3) is 0 Å². The first kappa shape index (κ1) is 16.8. The number of urea groups is 1. The molecule has 4 nitrogen and oxygen atoms in total. The lowest BCUT2D eigenvalue weighted by Crippen LogP contribution is -2.19. The maximum atomic E-state index is 13.3. The Balaban J connectivity index is 1.48. The molecule has 1 heterocycles. The smallest absolute Gasteiger partial charge is 0.323 e. The summed E-state index contributed by atoms with van der Waals surface area (Å²) < 4.78 is 13.3. The summed E-state index contributed by atoms with van der Waals surface area (Å²) in [6.45, 7) is 1.94. The summed E-state index contributed by atoms with van der Waals surface area (Å²) in [5.41, 5.74) is 5.19. The van der Waals surface area contributed by atoms with Crippen molar-refractivity contribution in [2.45, 2.75) is 6.92 Å². The molecule has 0 saturated carbocycles. The molecule has 0 unspecified atom stereocenters. The summed E-state index contributed by atoms with van der Waals surface area (Å²) >= 11 is 0. The molecule has 0 fully saturated rings. The number of para-hydroxylation sites is 1. The van der Waals surface area contributed by atoms with Crippen LogP contribution in [0.1, 0.15) is 5.56 Å². The average molecular weight is 359 g/mol. The quantitative estimate of drug-likeness (QED) is 0.417. The minimum Gasteiger partial charge on any atom is -0.355 e. The van der Waals surface area contributed by atoms with Gasteiger partial charge in [0.15, 0.2) is 0 Å². The third-order valence-electron chi connectivity index (χ3n) is 4.43. The van der Waals surface area contributed by atoms with E-state index >= 15 is 0 Å². The fourth-order valence-corrected chi connectivity index (χ4v) is 2.99. The van der Waals surface area contributed by atoms with Crippen molar-refractivity contribution in [2.75, 3.05) is 10.6 Å². The SMILES string of the molecule is Cc1ccccc1NC(=O)Nc1ccc(-c2cc3cc(F)ccc3[nH]2)cc1. The van der Waals surface area contributed by atoms with E-state index in [0.717, 1.165) is 33.4 Å². The maximum absolute atomic E-state index is 13.3. The number of carbonyl (C=O) groups is 1. The van der Waals surface area contributed by atoms with Crippen LogP contribution >= 0.6 is 0 Å². The highest BCUT2D eigenvalue weighted by molar-refractivity contribution is 6.00. The second kappa shape index (κ2) is 6.96. The highest BCUT2D eigenvalue weighted by Crippen LogP contribution is 2.26. The Kier molecular flexibility index (Phi) is 4.34. The number of benzene rings is 3. The van der Waals surface area contributed by atoms with Gasteiger partial charge in [0.2, 0.25) is 0 Å². The van der Waals surface area contributed by atoms with E-state index in [1.165, 1.54) is 12.1 Å². The van der Waals surface area contributed by atoms with Crippen molar-refractivity contribution in [3.05, 3.63) is 84.2 Å². The number of amides is 2. The Morgan fingerprint density at radius 1 is 0.926 bits per heavy atom. The molecule has 4 rings (SSSR count). The summed E-state index contributed by atoms with van der Waals surface area (Å²) in [6.07, 6.45) is 0. The second-order valence-corrected chi connectivity index (χ2v) is 6.39. The predicted octanol–water partition coefficient (Wildman–Crippen LogP) is 5.93. The van der Waals surface area contributed by atoms with Crippen LogP contribution in [0.15, 0.2) is 72.8 Å². The van der Waals surface area contributed by atoms with Crippen LogP contribution in [0.4, 0.5) is 20.6 Å². The van der Waals surface area contributed by atoms with Crippen molar-refractivity contribution in [3.8, 4) is 11.3 Å². The number of hydrogen-bond acceptors (Lipinski definition) is 1. The van der Waals surface area contributed by atoms with Gasteiger partial charge in [-0.15, -0.1) is 0 Å². The van der Waals surface area contributed by atoms with Gasteiger partial charge in [-0.2, -0.15) is 0 Å². The zero-order valence-electron chi connectivity index (χ0n) is 14.7. The molecule has 0 atom stereocenters. The Labute approximate surface area is 156 Å². The van der Waals surface area contributed by atoms with E-state index in [0.29, 0.717) is 5.69 Å². The predicted molar refractivity (Wildman–Crippen MR) is 108 cm³/mol. The van der Waals surface area contributed by atoms with Crippen molar-refractivity contribution in [3.63, 3.8) is 0 Å². The summed E-state index contributed by atoms with van der Waals surface area (Å²) in [7, 11) is 0. The summed E-state index contributed by atoms with van der Waals surface area (Å²) in [5, 5.41) is 6.48. The number of aromatic nitrogens is 1. The summed E-state index contributed by atoms with van der Waals surface area (Å²) in [5.74, 6) is -0.257. The third-order valence-corrected chi connectivity index (χ3v) is 4.43. The van der Waals surface area contributed by atoms with Gasteiger partial charge in [-0.1, -0.05) is 30.3 Å². The van der Waals surface area contributed by atoms with E-state index in [-0.39, 0.29) is 11.8 Å². The van der Waals surface area contributed by atoms with Crippen LogP contribution in [-0.4, -0.2) is 11.0 Å². The first-order chi connectivity index (χ1) is 13.1. The van der Waals surface area contributed by atoms with Gasteiger partial charge in [0.05, 0.1) is 0 Å². The number of fused-ring (bicyclic) bond motifs is 1. The van der Waals surface area contributed by atoms with Gasteiger partial charge in [0, 0.05) is 28.0 Å². The summed E-state index contributed by atoms with van der Waals surface area (Å²) in [6, 6.07) is 21.4. The van der Waals surface area contributed by atoms with Crippen LogP contribution in [0.5, 0.6) is 0 Å². The molecule has 0 bridgehead atoms. The largest absolute Gasteiger partial charge is 0.355 e. The second-order valence-electron chi connectivity index (χ2n) is 6.39. The molecule has 3 aromatic carbocycles. The van der Waals surface area contributed by atoms with Crippen molar-refractivity contribution < 1.29 is 9.18 Å². The van der Waals surface area contributed by atoms with E-state index < -0.39 is 0 Å². The minimum atomic E-state index is -0.293. The molecule has 2 amide bonds. The zero-order valence-corrected chi connectivity index (χ0v) is 14.7. The molecular weight excluding hydrogens is 341 g/mol. The number of aryl methyl sites for hydroxylation is 1.